The van der Waals surface area contributed by atoms with Crippen LogP contribution in [0.15, 0.2) is 45.8 Å². The van der Waals surface area contributed by atoms with E-state index in [2.05, 4.69) is 14.7 Å². The Morgan fingerprint density at radius 1 is 1.38 bits per heavy atom. The van der Waals surface area contributed by atoms with Crippen molar-refractivity contribution in [3.05, 3.63) is 47.4 Å². The summed E-state index contributed by atoms with van der Waals surface area (Å²) in [6, 6.07) is 7.49. The molecule has 0 aliphatic heterocycles. The number of benzene rings is 1. The summed E-state index contributed by atoms with van der Waals surface area (Å²) in [5.41, 5.74) is 1.12. The molecule has 3 nitrogen and oxygen atoms in total. The number of fused-ring (bicyclic) bond motifs is 1. The van der Waals surface area contributed by atoms with Crippen molar-refractivity contribution in [1.29, 1.82) is 0 Å². The Morgan fingerprint density at radius 3 is 3.05 bits per heavy atom. The highest BCUT2D eigenvalue weighted by Gasteiger charge is 2.22. The quantitative estimate of drug-likeness (QED) is 0.772. The van der Waals surface area contributed by atoms with Crippen molar-refractivity contribution in [2.24, 2.45) is 0 Å². The molecule has 3 aromatic rings. The molecule has 1 aromatic carbocycles. The van der Waals surface area contributed by atoms with Crippen LogP contribution in [0.3, 0.4) is 0 Å². The minimum Gasteiger partial charge on any atom is -0.308 e. The third-order valence-corrected chi connectivity index (χ3v) is 5.33. The number of nitrogens with one attached hydrogen (secondary N) is 1. The van der Waals surface area contributed by atoms with Crippen LogP contribution in [0.2, 0.25) is 0 Å². The van der Waals surface area contributed by atoms with Crippen LogP contribution < -0.4 is 5.32 Å². The molecule has 1 saturated carbocycles. The highest BCUT2D eigenvalue weighted by Crippen LogP contribution is 2.33. The van der Waals surface area contributed by atoms with E-state index in [0.717, 1.165) is 22.2 Å². The van der Waals surface area contributed by atoms with Crippen molar-refractivity contribution in [1.82, 2.24) is 14.7 Å². The number of rotatable bonds is 5. The van der Waals surface area contributed by atoms with E-state index in [4.69, 9.17) is 0 Å². The number of imidazole rings is 1. The summed E-state index contributed by atoms with van der Waals surface area (Å²) in [4.78, 5) is 6.23. The van der Waals surface area contributed by atoms with Crippen LogP contribution in [0.25, 0.3) is 4.96 Å². The third-order valence-electron chi connectivity index (χ3n) is 3.50. The second kappa shape index (κ2) is 5.44. The lowest BCUT2D eigenvalue weighted by molar-refractivity contribution is 0.601. The highest BCUT2D eigenvalue weighted by molar-refractivity contribution is 7.99. The normalized spacial score (nSPS) is 14.9. The van der Waals surface area contributed by atoms with Gasteiger partial charge in [0.25, 0.3) is 0 Å². The molecule has 1 aliphatic carbocycles. The molecular formula is C15H14FN3S2. The molecule has 0 spiro atoms. The van der Waals surface area contributed by atoms with Crippen molar-refractivity contribution >= 4 is 28.1 Å². The van der Waals surface area contributed by atoms with Gasteiger partial charge >= 0.3 is 0 Å². The largest absolute Gasteiger partial charge is 0.308 e. The average Bonchev–Trinajstić information content (AvgIpc) is 3.10. The number of halogens is 1. The summed E-state index contributed by atoms with van der Waals surface area (Å²) >= 11 is 3.01. The zero-order valence-corrected chi connectivity index (χ0v) is 12.9. The van der Waals surface area contributed by atoms with Gasteiger partial charge in [-0.1, -0.05) is 23.9 Å². The third kappa shape index (κ3) is 2.71. The first kappa shape index (κ1) is 13.3. The molecule has 21 heavy (non-hydrogen) atoms. The molecule has 4 rings (SSSR count). The van der Waals surface area contributed by atoms with Gasteiger partial charge in [0.05, 0.1) is 5.69 Å². The van der Waals surface area contributed by atoms with Gasteiger partial charge in [-0.2, -0.15) is 0 Å². The Bertz CT molecular complexity index is 776. The molecule has 2 aromatic heterocycles. The Hall–Kier alpha value is -1.37. The summed E-state index contributed by atoms with van der Waals surface area (Å²) in [5.74, 6) is -0.194. The topological polar surface area (TPSA) is 29.3 Å². The van der Waals surface area contributed by atoms with Gasteiger partial charge in [-0.25, -0.2) is 9.37 Å². The van der Waals surface area contributed by atoms with Crippen molar-refractivity contribution in [2.75, 3.05) is 0 Å². The van der Waals surface area contributed by atoms with Gasteiger partial charge in [-0.05, 0) is 25.0 Å². The van der Waals surface area contributed by atoms with Crippen LogP contribution in [0.1, 0.15) is 18.5 Å². The SMILES string of the molecule is Fc1ccccc1Sc1nc2sccn2c1CNC1CC1. The van der Waals surface area contributed by atoms with Crippen LogP contribution in [0.5, 0.6) is 0 Å². The predicted molar refractivity (Wildman–Crippen MR) is 83.5 cm³/mol. The van der Waals surface area contributed by atoms with Gasteiger partial charge in [-0.15, -0.1) is 11.3 Å². The van der Waals surface area contributed by atoms with Gasteiger partial charge in [0.15, 0.2) is 4.96 Å². The van der Waals surface area contributed by atoms with Crippen molar-refractivity contribution in [3.8, 4) is 0 Å². The minimum absolute atomic E-state index is 0.194. The van der Waals surface area contributed by atoms with Crippen LogP contribution in [0, 0.1) is 5.82 Å². The number of hydrogen-bond donors (Lipinski definition) is 1. The Labute approximate surface area is 130 Å². The fourth-order valence-corrected chi connectivity index (χ4v) is 3.95. The maximum Gasteiger partial charge on any atom is 0.194 e. The predicted octanol–water partition coefficient (Wildman–Crippen LogP) is 3.94. The molecule has 0 amide bonds. The van der Waals surface area contributed by atoms with Crippen LogP contribution in [-0.2, 0) is 6.54 Å². The summed E-state index contributed by atoms with van der Waals surface area (Å²) in [6.07, 6.45) is 4.53. The fourth-order valence-electron chi connectivity index (χ4n) is 2.22. The standard InChI is InChI=1S/C15H14FN3S2/c16-11-3-1-2-4-13(11)21-14-12(9-17-10-5-6-10)19-7-8-20-15(19)18-14/h1-4,7-8,10,17H,5-6,9H2. The molecule has 0 radical (unpaired) electrons. The van der Waals surface area contributed by atoms with Gasteiger partial charge in [0.1, 0.15) is 10.8 Å². The molecule has 1 aliphatic rings. The molecule has 0 bridgehead atoms. The molecule has 1 fully saturated rings. The van der Waals surface area contributed by atoms with Gasteiger partial charge in [0.2, 0.25) is 0 Å². The molecule has 0 atom stereocenters. The van der Waals surface area contributed by atoms with E-state index in [-0.39, 0.29) is 5.82 Å². The van der Waals surface area contributed by atoms with Gasteiger partial charge in [-0.3, -0.25) is 4.40 Å². The maximum absolute atomic E-state index is 13.8. The smallest absolute Gasteiger partial charge is 0.194 e. The van der Waals surface area contributed by atoms with E-state index in [1.54, 1.807) is 23.5 Å². The number of thiazole rings is 1. The van der Waals surface area contributed by atoms with E-state index in [0.29, 0.717) is 10.9 Å². The fraction of sp³-hybridized carbons (Fsp3) is 0.267. The summed E-state index contributed by atoms with van der Waals surface area (Å²) in [7, 11) is 0. The number of hydrogen-bond acceptors (Lipinski definition) is 4. The zero-order chi connectivity index (χ0) is 14.2. The number of aromatic nitrogens is 2. The maximum atomic E-state index is 13.8. The zero-order valence-electron chi connectivity index (χ0n) is 11.3. The van der Waals surface area contributed by atoms with Crippen molar-refractivity contribution < 1.29 is 4.39 Å². The summed E-state index contributed by atoms with van der Waals surface area (Å²) in [5, 5.41) is 6.44. The molecule has 2 heterocycles. The average molecular weight is 319 g/mol. The van der Waals surface area contributed by atoms with Crippen molar-refractivity contribution in [2.45, 2.75) is 35.3 Å². The van der Waals surface area contributed by atoms with Gasteiger partial charge in [0, 0.05) is 29.1 Å². The van der Waals surface area contributed by atoms with E-state index < -0.39 is 0 Å². The monoisotopic (exact) mass is 319 g/mol. The van der Waals surface area contributed by atoms with E-state index in [9.17, 15) is 4.39 Å². The molecule has 1 N–H and O–H groups in total. The Kier molecular flexibility index (Phi) is 3.45. The lowest BCUT2D eigenvalue weighted by Gasteiger charge is -2.06. The first-order valence-electron chi connectivity index (χ1n) is 6.91. The summed E-state index contributed by atoms with van der Waals surface area (Å²) in [6.45, 7) is 0.777. The first-order valence-corrected chi connectivity index (χ1v) is 8.61. The molecule has 108 valence electrons. The summed E-state index contributed by atoms with van der Waals surface area (Å²) < 4.78 is 15.9. The molecule has 0 unspecified atom stereocenters. The highest BCUT2D eigenvalue weighted by atomic mass is 32.2. The molecule has 0 saturated heterocycles. The van der Waals surface area contributed by atoms with E-state index in [1.165, 1.54) is 30.7 Å². The van der Waals surface area contributed by atoms with Gasteiger partial charge < -0.3 is 5.32 Å². The lowest BCUT2D eigenvalue weighted by Crippen LogP contribution is -2.16. The Balaban J connectivity index is 1.67. The number of nitrogens with zero attached hydrogens (tertiary/aromatic N) is 2. The van der Waals surface area contributed by atoms with E-state index in [1.807, 2.05) is 17.6 Å². The second-order valence-electron chi connectivity index (χ2n) is 5.11. The van der Waals surface area contributed by atoms with Crippen LogP contribution in [0.4, 0.5) is 4.39 Å². The Morgan fingerprint density at radius 2 is 2.24 bits per heavy atom. The molecule has 6 heteroatoms. The first-order chi connectivity index (χ1) is 10.3. The van der Waals surface area contributed by atoms with E-state index >= 15 is 0 Å². The second-order valence-corrected chi connectivity index (χ2v) is 7.01. The van der Waals surface area contributed by atoms with Crippen molar-refractivity contribution in [3.63, 3.8) is 0 Å². The molecular weight excluding hydrogens is 305 g/mol. The lowest BCUT2D eigenvalue weighted by atomic mass is 10.3. The van der Waals surface area contributed by atoms with Crippen LogP contribution in [-0.4, -0.2) is 15.4 Å². The van der Waals surface area contributed by atoms with Crippen LogP contribution >= 0.6 is 23.1 Å². The minimum atomic E-state index is -0.194.